The summed E-state index contributed by atoms with van der Waals surface area (Å²) < 4.78 is 0. The van der Waals surface area contributed by atoms with Crippen molar-refractivity contribution in [3.8, 4) is 0 Å². The number of benzene rings is 1. The van der Waals surface area contributed by atoms with Crippen LogP contribution in [0, 0.1) is 11.8 Å². The Kier molecular flexibility index (Phi) is 3.21. The van der Waals surface area contributed by atoms with Crippen LogP contribution in [0.4, 0.5) is 0 Å². The Bertz CT molecular complexity index is 428. The van der Waals surface area contributed by atoms with Crippen molar-refractivity contribution in [3.63, 3.8) is 0 Å². The lowest BCUT2D eigenvalue weighted by Gasteiger charge is -2.36. The lowest BCUT2D eigenvalue weighted by atomic mass is 9.92. The van der Waals surface area contributed by atoms with Crippen LogP contribution in [0.5, 0.6) is 0 Å². The van der Waals surface area contributed by atoms with E-state index in [1.165, 1.54) is 12.0 Å². The van der Waals surface area contributed by atoms with Crippen molar-refractivity contribution in [3.05, 3.63) is 35.9 Å². The molecule has 2 aliphatic heterocycles. The van der Waals surface area contributed by atoms with E-state index in [9.17, 15) is 4.79 Å². The number of piperidine rings is 1. The number of carbonyl (C=O) groups excluding carboxylic acids is 1. The van der Waals surface area contributed by atoms with E-state index in [2.05, 4.69) is 42.2 Å². The molecule has 2 bridgehead atoms. The minimum atomic E-state index is 0.267. The van der Waals surface area contributed by atoms with Gasteiger partial charge in [-0.3, -0.25) is 9.69 Å². The lowest BCUT2D eigenvalue weighted by molar-refractivity contribution is -0.126. The molecule has 1 saturated carbocycles. The molecule has 1 aromatic carbocycles. The van der Waals surface area contributed by atoms with Gasteiger partial charge < -0.3 is 0 Å². The molecule has 2 saturated heterocycles. The highest BCUT2D eigenvalue weighted by Gasteiger charge is 2.39. The number of carbonyl (C=O) groups is 1. The molecule has 3 atom stereocenters. The number of ketones is 1. The fourth-order valence-corrected chi connectivity index (χ4v) is 3.54. The maximum absolute atomic E-state index is 12.2. The third-order valence-electron chi connectivity index (χ3n) is 4.56. The van der Waals surface area contributed by atoms with Gasteiger partial charge in [0.2, 0.25) is 0 Å². The van der Waals surface area contributed by atoms with Crippen LogP contribution in [0.25, 0.3) is 0 Å². The topological polar surface area (TPSA) is 20.3 Å². The first-order valence-electron chi connectivity index (χ1n) is 7.05. The Morgan fingerprint density at radius 1 is 1.22 bits per heavy atom. The number of rotatable bonds is 2. The van der Waals surface area contributed by atoms with Gasteiger partial charge in [-0.1, -0.05) is 37.3 Å². The summed E-state index contributed by atoms with van der Waals surface area (Å²) in [7, 11) is 0. The van der Waals surface area contributed by atoms with E-state index in [0.29, 0.717) is 17.7 Å². The second kappa shape index (κ2) is 4.85. The predicted molar refractivity (Wildman–Crippen MR) is 72.2 cm³/mol. The minimum absolute atomic E-state index is 0.267. The normalized spacial score (nSPS) is 32.5. The van der Waals surface area contributed by atoms with Crippen LogP contribution in [0.15, 0.2) is 30.3 Å². The molecule has 3 fully saturated rings. The summed E-state index contributed by atoms with van der Waals surface area (Å²) in [4.78, 5) is 14.7. The third-order valence-corrected chi connectivity index (χ3v) is 4.56. The fourth-order valence-electron chi connectivity index (χ4n) is 3.54. The van der Waals surface area contributed by atoms with Gasteiger partial charge in [0.25, 0.3) is 0 Å². The first kappa shape index (κ1) is 11.9. The average molecular weight is 243 g/mol. The molecule has 18 heavy (non-hydrogen) atoms. The zero-order chi connectivity index (χ0) is 12.5. The minimum Gasteiger partial charge on any atom is -0.299 e. The standard InChI is InChI=1S/C16H21NO/c1-12-9-15-8-7-14(16(12)18)11-17(15)10-13-5-3-2-4-6-13/h2-6,12,14-15H,7-11H2,1H3. The van der Waals surface area contributed by atoms with E-state index >= 15 is 0 Å². The molecule has 0 amide bonds. The van der Waals surface area contributed by atoms with Crippen LogP contribution in [0.3, 0.4) is 0 Å². The first-order valence-corrected chi connectivity index (χ1v) is 7.05. The number of hydrogen-bond donors (Lipinski definition) is 0. The van der Waals surface area contributed by atoms with Crippen molar-refractivity contribution in [2.75, 3.05) is 6.54 Å². The summed E-state index contributed by atoms with van der Waals surface area (Å²) in [5.74, 6) is 1.07. The second-order valence-electron chi connectivity index (χ2n) is 5.88. The van der Waals surface area contributed by atoms with Crippen molar-refractivity contribution in [2.24, 2.45) is 11.8 Å². The largest absolute Gasteiger partial charge is 0.299 e. The molecule has 0 N–H and O–H groups in total. The summed E-state index contributed by atoms with van der Waals surface area (Å²) >= 11 is 0. The van der Waals surface area contributed by atoms with Gasteiger partial charge in [-0.25, -0.2) is 0 Å². The molecule has 0 radical (unpaired) electrons. The molecular weight excluding hydrogens is 222 g/mol. The maximum Gasteiger partial charge on any atom is 0.140 e. The smallest absolute Gasteiger partial charge is 0.140 e. The molecule has 96 valence electrons. The zero-order valence-electron chi connectivity index (χ0n) is 11.0. The highest BCUT2D eigenvalue weighted by Crippen LogP contribution is 2.34. The van der Waals surface area contributed by atoms with Crippen LogP contribution < -0.4 is 0 Å². The highest BCUT2D eigenvalue weighted by atomic mass is 16.1. The maximum atomic E-state index is 12.2. The molecule has 0 spiro atoms. The van der Waals surface area contributed by atoms with Gasteiger partial charge in [0.05, 0.1) is 0 Å². The van der Waals surface area contributed by atoms with E-state index in [-0.39, 0.29) is 5.92 Å². The van der Waals surface area contributed by atoms with Crippen molar-refractivity contribution >= 4 is 5.78 Å². The third kappa shape index (κ3) is 2.22. The predicted octanol–water partition coefficient (Wildman–Crippen LogP) is 2.88. The molecular formula is C16H21NO. The fraction of sp³-hybridized carbons (Fsp3) is 0.562. The van der Waals surface area contributed by atoms with Gasteiger partial charge in [-0.05, 0) is 24.8 Å². The van der Waals surface area contributed by atoms with Crippen molar-refractivity contribution < 1.29 is 4.79 Å². The average Bonchev–Trinajstić information content (AvgIpc) is 2.59. The lowest BCUT2D eigenvalue weighted by Crippen LogP contribution is -2.41. The van der Waals surface area contributed by atoms with Crippen molar-refractivity contribution in [1.29, 1.82) is 0 Å². The second-order valence-corrected chi connectivity index (χ2v) is 5.88. The quantitative estimate of drug-likeness (QED) is 0.796. The highest BCUT2D eigenvalue weighted by molar-refractivity contribution is 5.84. The van der Waals surface area contributed by atoms with E-state index in [0.717, 1.165) is 25.9 Å². The van der Waals surface area contributed by atoms with Crippen molar-refractivity contribution in [2.45, 2.75) is 38.8 Å². The molecule has 3 aliphatic rings. The van der Waals surface area contributed by atoms with Gasteiger partial charge >= 0.3 is 0 Å². The van der Waals surface area contributed by atoms with E-state index in [1.807, 2.05) is 0 Å². The van der Waals surface area contributed by atoms with Gasteiger partial charge in [0, 0.05) is 31.0 Å². The van der Waals surface area contributed by atoms with Crippen LogP contribution in [0.1, 0.15) is 31.7 Å². The SMILES string of the molecule is CC1CC2CCC(CN2Cc2ccccc2)C1=O. The zero-order valence-corrected chi connectivity index (χ0v) is 11.0. The molecule has 4 rings (SSSR count). The number of Topliss-reactive ketones (excluding diaryl/α,β-unsaturated/α-hetero) is 1. The first-order chi connectivity index (χ1) is 8.74. The summed E-state index contributed by atoms with van der Waals surface area (Å²) in [5, 5.41) is 0. The monoisotopic (exact) mass is 243 g/mol. The van der Waals surface area contributed by atoms with Gasteiger partial charge in [0.15, 0.2) is 0 Å². The van der Waals surface area contributed by atoms with Gasteiger partial charge in [0.1, 0.15) is 5.78 Å². The summed E-state index contributed by atoms with van der Waals surface area (Å²) in [6.07, 6.45) is 3.37. The van der Waals surface area contributed by atoms with Gasteiger partial charge in [-0.2, -0.15) is 0 Å². The molecule has 3 unspecified atom stereocenters. The van der Waals surface area contributed by atoms with Crippen LogP contribution >= 0.6 is 0 Å². The number of hydrogen-bond acceptors (Lipinski definition) is 2. The molecule has 2 heterocycles. The van der Waals surface area contributed by atoms with Crippen LogP contribution in [-0.4, -0.2) is 23.3 Å². The number of fused-ring (bicyclic) bond motifs is 4. The molecule has 1 aliphatic carbocycles. The van der Waals surface area contributed by atoms with E-state index in [1.54, 1.807) is 0 Å². The molecule has 2 heteroatoms. The Balaban J connectivity index is 1.76. The molecule has 1 aromatic rings. The van der Waals surface area contributed by atoms with Crippen molar-refractivity contribution in [1.82, 2.24) is 4.90 Å². The number of nitrogens with zero attached hydrogens (tertiary/aromatic N) is 1. The van der Waals surface area contributed by atoms with E-state index < -0.39 is 0 Å². The summed E-state index contributed by atoms with van der Waals surface area (Å²) in [5.41, 5.74) is 1.37. The summed E-state index contributed by atoms with van der Waals surface area (Å²) in [6.45, 7) is 4.09. The summed E-state index contributed by atoms with van der Waals surface area (Å²) in [6, 6.07) is 11.2. The molecule has 0 aromatic heterocycles. The van der Waals surface area contributed by atoms with E-state index in [4.69, 9.17) is 0 Å². The Hall–Kier alpha value is -1.15. The Labute approximate surface area is 109 Å². The van der Waals surface area contributed by atoms with Crippen LogP contribution in [0.2, 0.25) is 0 Å². The Morgan fingerprint density at radius 3 is 2.78 bits per heavy atom. The Morgan fingerprint density at radius 2 is 2.00 bits per heavy atom. The van der Waals surface area contributed by atoms with Gasteiger partial charge in [-0.15, -0.1) is 0 Å². The van der Waals surface area contributed by atoms with Crippen LogP contribution in [-0.2, 0) is 11.3 Å². The molecule has 2 nitrogen and oxygen atoms in total.